The molecule has 1 aromatic heterocycles. The second-order valence-corrected chi connectivity index (χ2v) is 8.03. The smallest absolute Gasteiger partial charge is 0.185 e. The average molecular weight is 308 g/mol. The van der Waals surface area contributed by atoms with Crippen molar-refractivity contribution in [2.45, 2.75) is 57.7 Å². The lowest BCUT2D eigenvalue weighted by Crippen LogP contribution is -2.31. The van der Waals surface area contributed by atoms with Crippen molar-refractivity contribution < 1.29 is 0 Å². The SMILES string of the molecule is CC(C)c1nc(N2CCC(N(C)C)C2)sc1CNC1CC1. The number of thiazole rings is 1. The number of nitrogens with zero attached hydrogens (tertiary/aromatic N) is 3. The molecule has 1 aliphatic carbocycles. The van der Waals surface area contributed by atoms with Gasteiger partial charge < -0.3 is 15.1 Å². The molecule has 2 heterocycles. The molecule has 0 amide bonds. The van der Waals surface area contributed by atoms with Crippen molar-refractivity contribution >= 4 is 16.5 Å². The molecule has 118 valence electrons. The quantitative estimate of drug-likeness (QED) is 0.875. The summed E-state index contributed by atoms with van der Waals surface area (Å²) in [5.41, 5.74) is 1.30. The molecule has 0 aromatic carbocycles. The van der Waals surface area contributed by atoms with Crippen LogP contribution in [-0.4, -0.2) is 49.2 Å². The number of hydrogen-bond acceptors (Lipinski definition) is 5. The Labute approximate surface area is 132 Å². The fraction of sp³-hybridized carbons (Fsp3) is 0.812. The van der Waals surface area contributed by atoms with E-state index in [2.05, 4.69) is 43.1 Å². The van der Waals surface area contributed by atoms with Crippen LogP contribution in [0.3, 0.4) is 0 Å². The van der Waals surface area contributed by atoms with Crippen molar-refractivity contribution in [3.63, 3.8) is 0 Å². The van der Waals surface area contributed by atoms with Crippen LogP contribution in [0.4, 0.5) is 5.13 Å². The van der Waals surface area contributed by atoms with Gasteiger partial charge in [-0.05, 0) is 39.3 Å². The van der Waals surface area contributed by atoms with Crippen LogP contribution in [0, 0.1) is 0 Å². The fourth-order valence-electron chi connectivity index (χ4n) is 2.93. The Bertz CT molecular complexity index is 479. The molecule has 2 fully saturated rings. The topological polar surface area (TPSA) is 31.4 Å². The minimum absolute atomic E-state index is 0.512. The first kappa shape index (κ1) is 15.3. The maximum Gasteiger partial charge on any atom is 0.185 e. The largest absolute Gasteiger partial charge is 0.346 e. The van der Waals surface area contributed by atoms with E-state index in [1.807, 2.05) is 11.3 Å². The van der Waals surface area contributed by atoms with Crippen LogP contribution < -0.4 is 10.2 Å². The predicted molar refractivity (Wildman–Crippen MR) is 90.4 cm³/mol. The van der Waals surface area contributed by atoms with Crippen LogP contribution in [0.5, 0.6) is 0 Å². The second-order valence-electron chi connectivity index (χ2n) is 6.97. The van der Waals surface area contributed by atoms with Gasteiger partial charge in [0, 0.05) is 36.6 Å². The van der Waals surface area contributed by atoms with E-state index in [4.69, 9.17) is 4.98 Å². The molecule has 0 radical (unpaired) electrons. The van der Waals surface area contributed by atoms with Gasteiger partial charge >= 0.3 is 0 Å². The van der Waals surface area contributed by atoms with Gasteiger partial charge in [0.15, 0.2) is 5.13 Å². The molecule has 3 rings (SSSR count). The fourth-order valence-corrected chi connectivity index (χ4v) is 4.13. The van der Waals surface area contributed by atoms with Crippen LogP contribution in [-0.2, 0) is 6.54 Å². The van der Waals surface area contributed by atoms with Gasteiger partial charge in [-0.2, -0.15) is 0 Å². The third-order valence-corrected chi connectivity index (χ3v) is 5.69. The van der Waals surface area contributed by atoms with Crippen molar-refractivity contribution in [2.75, 3.05) is 32.1 Å². The third kappa shape index (κ3) is 3.58. The third-order valence-electron chi connectivity index (χ3n) is 4.56. The second kappa shape index (κ2) is 6.23. The van der Waals surface area contributed by atoms with Gasteiger partial charge in [-0.15, -0.1) is 11.3 Å². The van der Waals surface area contributed by atoms with E-state index in [9.17, 15) is 0 Å². The Balaban J connectivity index is 1.71. The van der Waals surface area contributed by atoms with Crippen molar-refractivity contribution in [2.24, 2.45) is 0 Å². The molecule has 21 heavy (non-hydrogen) atoms. The highest BCUT2D eigenvalue weighted by Gasteiger charge is 2.28. The van der Waals surface area contributed by atoms with Gasteiger partial charge in [-0.1, -0.05) is 13.8 Å². The summed E-state index contributed by atoms with van der Waals surface area (Å²) in [6.07, 6.45) is 3.94. The number of nitrogens with one attached hydrogen (secondary N) is 1. The maximum atomic E-state index is 4.97. The van der Waals surface area contributed by atoms with E-state index < -0.39 is 0 Å². The first-order valence-electron chi connectivity index (χ1n) is 8.19. The van der Waals surface area contributed by atoms with E-state index >= 15 is 0 Å². The van der Waals surface area contributed by atoms with Crippen LogP contribution in [0.2, 0.25) is 0 Å². The molecule has 1 saturated carbocycles. The normalized spacial score (nSPS) is 22.8. The Morgan fingerprint density at radius 1 is 1.33 bits per heavy atom. The molecule has 4 nitrogen and oxygen atoms in total. The molecule has 1 aliphatic heterocycles. The molecule has 1 atom stereocenters. The summed E-state index contributed by atoms with van der Waals surface area (Å²) in [5.74, 6) is 0.512. The van der Waals surface area contributed by atoms with E-state index in [0.29, 0.717) is 12.0 Å². The van der Waals surface area contributed by atoms with Crippen molar-refractivity contribution in [1.29, 1.82) is 0 Å². The summed E-state index contributed by atoms with van der Waals surface area (Å²) in [4.78, 5) is 11.2. The Kier molecular flexibility index (Phi) is 4.52. The predicted octanol–water partition coefficient (Wildman–Crippen LogP) is 2.66. The van der Waals surface area contributed by atoms with Crippen LogP contribution in [0.1, 0.15) is 49.6 Å². The number of rotatable bonds is 6. The first-order valence-corrected chi connectivity index (χ1v) is 9.00. The summed E-state index contributed by atoms with van der Waals surface area (Å²) >= 11 is 1.90. The van der Waals surface area contributed by atoms with Crippen molar-refractivity contribution in [3.05, 3.63) is 10.6 Å². The number of anilines is 1. The first-order chi connectivity index (χ1) is 10.0. The number of hydrogen-bond donors (Lipinski definition) is 1. The molecule has 0 spiro atoms. The molecule has 2 aliphatic rings. The maximum absolute atomic E-state index is 4.97. The highest BCUT2D eigenvalue weighted by Crippen LogP contribution is 2.33. The van der Waals surface area contributed by atoms with Crippen LogP contribution in [0.25, 0.3) is 0 Å². The van der Waals surface area contributed by atoms with E-state index in [1.165, 1.54) is 35.0 Å². The summed E-state index contributed by atoms with van der Waals surface area (Å²) in [7, 11) is 4.36. The molecular weight excluding hydrogens is 280 g/mol. The van der Waals surface area contributed by atoms with Gasteiger partial charge in [-0.3, -0.25) is 0 Å². The van der Waals surface area contributed by atoms with Crippen LogP contribution in [0.15, 0.2) is 0 Å². The van der Waals surface area contributed by atoms with Gasteiger partial charge in [0.1, 0.15) is 0 Å². The van der Waals surface area contributed by atoms with Crippen LogP contribution >= 0.6 is 11.3 Å². The van der Waals surface area contributed by atoms with E-state index in [-0.39, 0.29) is 0 Å². The Hall–Kier alpha value is -0.650. The number of aromatic nitrogens is 1. The minimum Gasteiger partial charge on any atom is -0.346 e. The summed E-state index contributed by atoms with van der Waals surface area (Å²) < 4.78 is 0. The summed E-state index contributed by atoms with van der Waals surface area (Å²) in [5, 5.41) is 4.87. The molecule has 1 unspecified atom stereocenters. The zero-order valence-electron chi connectivity index (χ0n) is 13.7. The van der Waals surface area contributed by atoms with E-state index in [1.54, 1.807) is 0 Å². The average Bonchev–Trinajstić information content (AvgIpc) is 2.97. The Morgan fingerprint density at radius 2 is 2.10 bits per heavy atom. The van der Waals surface area contributed by atoms with Gasteiger partial charge in [-0.25, -0.2) is 4.98 Å². The van der Waals surface area contributed by atoms with Crippen molar-refractivity contribution in [1.82, 2.24) is 15.2 Å². The van der Waals surface area contributed by atoms with Gasteiger partial charge in [0.2, 0.25) is 0 Å². The van der Waals surface area contributed by atoms with Crippen molar-refractivity contribution in [3.8, 4) is 0 Å². The summed E-state index contributed by atoms with van der Waals surface area (Å²) in [6.45, 7) is 7.77. The lowest BCUT2D eigenvalue weighted by molar-refractivity contribution is 0.315. The lowest BCUT2D eigenvalue weighted by atomic mass is 10.1. The molecule has 5 heteroatoms. The summed E-state index contributed by atoms with van der Waals surface area (Å²) in [6, 6.07) is 1.44. The van der Waals surface area contributed by atoms with E-state index in [0.717, 1.165) is 25.7 Å². The minimum atomic E-state index is 0.512. The lowest BCUT2D eigenvalue weighted by Gasteiger charge is -2.19. The molecule has 1 N–H and O–H groups in total. The molecule has 1 saturated heterocycles. The molecule has 0 bridgehead atoms. The molecule has 1 aromatic rings. The highest BCUT2D eigenvalue weighted by atomic mass is 32.1. The Morgan fingerprint density at radius 3 is 2.67 bits per heavy atom. The zero-order chi connectivity index (χ0) is 15.0. The monoisotopic (exact) mass is 308 g/mol. The highest BCUT2D eigenvalue weighted by molar-refractivity contribution is 7.15. The number of likely N-dealkylation sites (N-methyl/N-ethyl adjacent to an activating group) is 1. The van der Waals surface area contributed by atoms with Gasteiger partial charge in [0.25, 0.3) is 0 Å². The van der Waals surface area contributed by atoms with Gasteiger partial charge in [0.05, 0.1) is 5.69 Å². The molecular formula is C16H28N4S. The zero-order valence-corrected chi connectivity index (χ0v) is 14.5. The standard InChI is InChI=1S/C16H28N4S/c1-11(2)15-14(9-17-12-5-6-12)21-16(18-15)20-8-7-13(10-20)19(3)4/h11-13,17H,5-10H2,1-4H3.